The summed E-state index contributed by atoms with van der Waals surface area (Å²) in [6.45, 7) is 1.76. The molecule has 0 spiro atoms. The maximum absolute atomic E-state index is 5.73. The van der Waals surface area contributed by atoms with Crippen molar-refractivity contribution in [3.05, 3.63) is 36.4 Å². The van der Waals surface area contributed by atoms with Crippen LogP contribution in [0.1, 0.15) is 6.92 Å². The van der Waals surface area contributed by atoms with Crippen LogP contribution in [-0.2, 0) is 0 Å². The number of nitrogens with two attached hydrogens (primary N) is 1. The molecule has 90 valence electrons. The van der Waals surface area contributed by atoms with Gasteiger partial charge in [-0.2, -0.15) is 4.98 Å². The lowest BCUT2D eigenvalue weighted by atomic mass is 10.2. The van der Waals surface area contributed by atoms with Crippen LogP contribution in [0.15, 0.2) is 36.4 Å². The standard InChI is InChI=1S/C14H13N3O/c1-3-10(2)18-13-9-12(15)16-14(17-13)11-7-5-4-6-8-11/h1,4-10H,2H3,(H2,15,16,17). The third kappa shape index (κ3) is 2.77. The number of aromatic nitrogens is 2. The van der Waals surface area contributed by atoms with E-state index in [1.807, 2.05) is 30.3 Å². The van der Waals surface area contributed by atoms with Gasteiger partial charge in [-0.15, -0.1) is 6.42 Å². The Labute approximate surface area is 106 Å². The second-order valence-corrected chi connectivity index (χ2v) is 3.75. The van der Waals surface area contributed by atoms with Crippen LogP contribution in [0.3, 0.4) is 0 Å². The molecule has 1 heterocycles. The highest BCUT2D eigenvalue weighted by Crippen LogP contribution is 2.20. The maximum Gasteiger partial charge on any atom is 0.220 e. The number of ether oxygens (including phenoxy) is 1. The molecule has 0 aliphatic heterocycles. The molecule has 0 radical (unpaired) electrons. The second-order valence-electron chi connectivity index (χ2n) is 3.75. The zero-order valence-corrected chi connectivity index (χ0v) is 10.00. The molecule has 0 aliphatic carbocycles. The number of terminal acetylenes is 1. The Balaban J connectivity index is 2.36. The van der Waals surface area contributed by atoms with E-state index in [2.05, 4.69) is 15.9 Å². The average molecular weight is 239 g/mol. The van der Waals surface area contributed by atoms with Crippen molar-refractivity contribution < 1.29 is 4.74 Å². The van der Waals surface area contributed by atoms with Gasteiger partial charge in [-0.25, -0.2) is 4.98 Å². The largest absolute Gasteiger partial charge is 0.461 e. The number of nitrogens with zero attached hydrogens (tertiary/aromatic N) is 2. The van der Waals surface area contributed by atoms with Crippen molar-refractivity contribution in [2.24, 2.45) is 0 Å². The molecule has 2 rings (SSSR count). The molecule has 2 N–H and O–H groups in total. The summed E-state index contributed by atoms with van der Waals surface area (Å²) in [5.41, 5.74) is 6.61. The van der Waals surface area contributed by atoms with Gasteiger partial charge >= 0.3 is 0 Å². The van der Waals surface area contributed by atoms with E-state index in [1.165, 1.54) is 0 Å². The van der Waals surface area contributed by atoms with Gasteiger partial charge in [0, 0.05) is 11.6 Å². The lowest BCUT2D eigenvalue weighted by Gasteiger charge is -2.09. The number of hydrogen-bond acceptors (Lipinski definition) is 4. The average Bonchev–Trinajstić information content (AvgIpc) is 2.39. The molecule has 1 atom stereocenters. The van der Waals surface area contributed by atoms with Gasteiger partial charge < -0.3 is 10.5 Å². The van der Waals surface area contributed by atoms with Gasteiger partial charge in [0.2, 0.25) is 5.88 Å². The SMILES string of the molecule is C#CC(C)Oc1cc(N)nc(-c2ccccc2)n1. The summed E-state index contributed by atoms with van der Waals surface area (Å²) in [7, 11) is 0. The van der Waals surface area contributed by atoms with Crippen molar-refractivity contribution in [1.29, 1.82) is 0 Å². The van der Waals surface area contributed by atoms with Gasteiger partial charge in [0.05, 0.1) is 0 Å². The number of anilines is 1. The van der Waals surface area contributed by atoms with Crippen molar-refractivity contribution in [2.75, 3.05) is 5.73 Å². The van der Waals surface area contributed by atoms with Crippen LogP contribution < -0.4 is 10.5 Å². The molecule has 2 aromatic rings. The van der Waals surface area contributed by atoms with Crippen molar-refractivity contribution in [3.8, 4) is 29.6 Å². The van der Waals surface area contributed by atoms with Crippen molar-refractivity contribution >= 4 is 5.82 Å². The predicted octanol–water partition coefficient (Wildman–Crippen LogP) is 2.13. The van der Waals surface area contributed by atoms with Gasteiger partial charge in [-0.3, -0.25) is 0 Å². The van der Waals surface area contributed by atoms with Gasteiger partial charge in [-0.1, -0.05) is 36.3 Å². The summed E-state index contributed by atoms with van der Waals surface area (Å²) < 4.78 is 5.44. The zero-order chi connectivity index (χ0) is 13.0. The maximum atomic E-state index is 5.73. The highest BCUT2D eigenvalue weighted by molar-refractivity contribution is 5.57. The van der Waals surface area contributed by atoms with Gasteiger partial charge in [0.25, 0.3) is 0 Å². The lowest BCUT2D eigenvalue weighted by Crippen LogP contribution is -2.10. The molecule has 0 saturated carbocycles. The Morgan fingerprint density at radius 2 is 2.00 bits per heavy atom. The Kier molecular flexibility index (Phi) is 3.44. The van der Waals surface area contributed by atoms with E-state index in [1.54, 1.807) is 13.0 Å². The second kappa shape index (κ2) is 5.19. The Hall–Kier alpha value is -2.54. The summed E-state index contributed by atoms with van der Waals surface area (Å²) >= 11 is 0. The number of benzene rings is 1. The molecule has 4 heteroatoms. The number of nitrogen functional groups attached to an aromatic ring is 1. The van der Waals surface area contributed by atoms with Gasteiger partial charge in [-0.05, 0) is 6.92 Å². The van der Waals surface area contributed by atoms with Crippen molar-refractivity contribution in [3.63, 3.8) is 0 Å². The third-order valence-corrected chi connectivity index (χ3v) is 2.29. The molecule has 0 aliphatic rings. The Bertz CT molecular complexity index is 575. The van der Waals surface area contributed by atoms with E-state index >= 15 is 0 Å². The first-order valence-corrected chi connectivity index (χ1v) is 5.52. The number of hydrogen-bond donors (Lipinski definition) is 1. The lowest BCUT2D eigenvalue weighted by molar-refractivity contribution is 0.268. The molecular formula is C14H13N3O. The fourth-order valence-electron chi connectivity index (χ4n) is 1.43. The van der Waals surface area contributed by atoms with E-state index in [0.717, 1.165) is 5.56 Å². The molecule has 1 unspecified atom stereocenters. The molecule has 1 aromatic carbocycles. The van der Waals surface area contributed by atoms with E-state index in [4.69, 9.17) is 16.9 Å². The molecular weight excluding hydrogens is 226 g/mol. The van der Waals surface area contributed by atoms with Crippen LogP contribution in [-0.4, -0.2) is 16.1 Å². The van der Waals surface area contributed by atoms with Crippen LogP contribution >= 0.6 is 0 Å². The Morgan fingerprint density at radius 3 is 2.67 bits per heavy atom. The number of rotatable bonds is 3. The zero-order valence-electron chi connectivity index (χ0n) is 10.00. The van der Waals surface area contributed by atoms with Gasteiger partial charge in [0.1, 0.15) is 5.82 Å². The van der Waals surface area contributed by atoms with Crippen LogP contribution in [0.25, 0.3) is 11.4 Å². The van der Waals surface area contributed by atoms with Crippen molar-refractivity contribution in [1.82, 2.24) is 9.97 Å². The first-order chi connectivity index (χ1) is 8.69. The van der Waals surface area contributed by atoms with E-state index in [9.17, 15) is 0 Å². The van der Waals surface area contributed by atoms with Crippen LogP contribution in [0, 0.1) is 12.3 Å². The molecule has 1 aromatic heterocycles. The molecule has 0 bridgehead atoms. The minimum absolute atomic E-state index is 0.350. The van der Waals surface area contributed by atoms with E-state index in [-0.39, 0.29) is 6.10 Å². The minimum atomic E-state index is -0.358. The molecule has 0 amide bonds. The monoisotopic (exact) mass is 239 g/mol. The summed E-state index contributed by atoms with van der Waals surface area (Å²) in [6.07, 6.45) is 4.90. The van der Waals surface area contributed by atoms with Crippen LogP contribution in [0.5, 0.6) is 5.88 Å². The third-order valence-electron chi connectivity index (χ3n) is 2.29. The fraction of sp³-hybridized carbons (Fsp3) is 0.143. The van der Waals surface area contributed by atoms with Crippen LogP contribution in [0.4, 0.5) is 5.82 Å². The van der Waals surface area contributed by atoms with E-state index in [0.29, 0.717) is 17.5 Å². The fourth-order valence-corrected chi connectivity index (χ4v) is 1.43. The predicted molar refractivity (Wildman–Crippen MR) is 70.8 cm³/mol. The molecule has 0 saturated heterocycles. The normalized spacial score (nSPS) is 11.6. The molecule has 0 fully saturated rings. The summed E-state index contributed by atoms with van der Waals surface area (Å²) in [6, 6.07) is 11.1. The summed E-state index contributed by atoms with van der Waals surface area (Å²) in [5.74, 6) is 3.72. The van der Waals surface area contributed by atoms with Crippen LogP contribution in [0.2, 0.25) is 0 Å². The highest BCUT2D eigenvalue weighted by atomic mass is 16.5. The topological polar surface area (TPSA) is 61.0 Å². The van der Waals surface area contributed by atoms with E-state index < -0.39 is 0 Å². The summed E-state index contributed by atoms with van der Waals surface area (Å²) in [5, 5.41) is 0. The molecule has 4 nitrogen and oxygen atoms in total. The highest BCUT2D eigenvalue weighted by Gasteiger charge is 2.07. The van der Waals surface area contributed by atoms with Crippen molar-refractivity contribution in [2.45, 2.75) is 13.0 Å². The minimum Gasteiger partial charge on any atom is -0.461 e. The summed E-state index contributed by atoms with van der Waals surface area (Å²) in [4.78, 5) is 8.46. The van der Waals surface area contributed by atoms with Gasteiger partial charge in [0.15, 0.2) is 11.9 Å². The molecule has 18 heavy (non-hydrogen) atoms. The smallest absolute Gasteiger partial charge is 0.220 e. The first kappa shape index (κ1) is 11.9. The Morgan fingerprint density at radius 1 is 1.28 bits per heavy atom. The quantitative estimate of drug-likeness (QED) is 0.833. The first-order valence-electron chi connectivity index (χ1n) is 5.52.